The van der Waals surface area contributed by atoms with Crippen LogP contribution in [0.15, 0.2) is 18.2 Å². The fraction of sp³-hybridized carbons (Fsp3) is 0.625. The van der Waals surface area contributed by atoms with Gasteiger partial charge in [-0.1, -0.05) is 24.6 Å². The van der Waals surface area contributed by atoms with E-state index < -0.39 is 0 Å². The van der Waals surface area contributed by atoms with Gasteiger partial charge in [0.1, 0.15) is 0 Å². The lowest BCUT2D eigenvalue weighted by Gasteiger charge is -2.28. The van der Waals surface area contributed by atoms with E-state index in [1.807, 2.05) is 0 Å². The van der Waals surface area contributed by atoms with E-state index in [1.54, 1.807) is 5.56 Å². The Labute approximate surface area is 111 Å². The summed E-state index contributed by atoms with van der Waals surface area (Å²) in [6.07, 6.45) is 5.41. The van der Waals surface area contributed by atoms with Crippen molar-refractivity contribution in [2.24, 2.45) is 0 Å². The molecule has 0 saturated carbocycles. The number of likely N-dealkylation sites (N-methyl/N-ethyl adjacent to an activating group) is 1. The van der Waals surface area contributed by atoms with Crippen molar-refractivity contribution in [2.75, 3.05) is 26.7 Å². The zero-order valence-corrected chi connectivity index (χ0v) is 11.5. The molecule has 18 heavy (non-hydrogen) atoms. The summed E-state index contributed by atoms with van der Waals surface area (Å²) in [5.41, 5.74) is 4.63. The fourth-order valence-electron chi connectivity index (χ4n) is 3.22. The lowest BCUT2D eigenvalue weighted by atomic mass is 9.97. The summed E-state index contributed by atoms with van der Waals surface area (Å²) >= 11 is 0. The third-order valence-electron chi connectivity index (χ3n) is 4.33. The zero-order valence-electron chi connectivity index (χ0n) is 11.5. The Hall–Kier alpha value is -0.860. The van der Waals surface area contributed by atoms with E-state index in [9.17, 15) is 0 Å². The second-order valence-corrected chi connectivity index (χ2v) is 5.93. The van der Waals surface area contributed by atoms with Gasteiger partial charge in [0.2, 0.25) is 0 Å². The van der Waals surface area contributed by atoms with E-state index >= 15 is 0 Å². The summed E-state index contributed by atoms with van der Waals surface area (Å²) in [7, 11) is 2.21. The molecule has 0 amide bonds. The maximum atomic E-state index is 2.61. The summed E-state index contributed by atoms with van der Waals surface area (Å²) in [4.78, 5) is 5.02. The molecule has 2 heteroatoms. The van der Waals surface area contributed by atoms with Gasteiger partial charge in [-0.15, -0.1) is 0 Å². The Morgan fingerprint density at radius 3 is 2.67 bits per heavy atom. The molecular formula is C16H24N2. The highest BCUT2D eigenvalue weighted by Crippen LogP contribution is 2.21. The molecule has 0 aromatic heterocycles. The lowest BCUT2D eigenvalue weighted by molar-refractivity contribution is 0.220. The van der Waals surface area contributed by atoms with Crippen LogP contribution < -0.4 is 0 Å². The van der Waals surface area contributed by atoms with E-state index in [2.05, 4.69) is 35.0 Å². The second-order valence-electron chi connectivity index (χ2n) is 5.93. The predicted molar refractivity (Wildman–Crippen MR) is 75.6 cm³/mol. The first-order valence-electron chi connectivity index (χ1n) is 7.33. The molecule has 0 radical (unpaired) electrons. The normalized spacial score (nSPS) is 21.8. The molecule has 2 aliphatic heterocycles. The van der Waals surface area contributed by atoms with Gasteiger partial charge in [-0.2, -0.15) is 0 Å². The molecule has 0 atom stereocenters. The summed E-state index contributed by atoms with van der Waals surface area (Å²) in [5, 5.41) is 0. The minimum absolute atomic E-state index is 1.12. The second kappa shape index (κ2) is 5.41. The van der Waals surface area contributed by atoms with E-state index in [1.165, 1.54) is 56.4 Å². The maximum Gasteiger partial charge on any atom is 0.0233 e. The van der Waals surface area contributed by atoms with Gasteiger partial charge in [0.05, 0.1) is 0 Å². The molecule has 0 bridgehead atoms. The van der Waals surface area contributed by atoms with Crippen molar-refractivity contribution in [1.29, 1.82) is 0 Å². The number of hydrogen-bond donors (Lipinski definition) is 0. The number of fused-ring (bicyclic) bond motifs is 1. The molecule has 0 unspecified atom stereocenters. The molecule has 2 aliphatic rings. The molecule has 2 nitrogen and oxygen atoms in total. The predicted octanol–water partition coefficient (Wildman–Crippen LogP) is 2.66. The summed E-state index contributed by atoms with van der Waals surface area (Å²) in [6.45, 7) is 6.07. The summed E-state index contributed by atoms with van der Waals surface area (Å²) in [5.74, 6) is 0. The van der Waals surface area contributed by atoms with E-state index in [0.717, 1.165) is 13.1 Å². The van der Waals surface area contributed by atoms with Crippen molar-refractivity contribution in [3.63, 3.8) is 0 Å². The van der Waals surface area contributed by atoms with Crippen LogP contribution in [0.1, 0.15) is 36.0 Å². The number of likely N-dealkylation sites (tertiary alicyclic amines) is 1. The average Bonchev–Trinajstić information content (AvgIpc) is 2.40. The van der Waals surface area contributed by atoms with Gasteiger partial charge in [0, 0.05) is 19.6 Å². The van der Waals surface area contributed by atoms with Crippen LogP contribution in [0.2, 0.25) is 0 Å². The molecule has 98 valence electrons. The quantitative estimate of drug-likeness (QED) is 0.789. The highest BCUT2D eigenvalue weighted by atomic mass is 15.1. The Morgan fingerprint density at radius 1 is 1.00 bits per heavy atom. The largest absolute Gasteiger partial charge is 0.302 e. The number of nitrogens with zero attached hydrogens (tertiary/aromatic N) is 2. The monoisotopic (exact) mass is 244 g/mol. The van der Waals surface area contributed by atoms with Crippen LogP contribution in [0.4, 0.5) is 0 Å². The average molecular weight is 244 g/mol. The first kappa shape index (κ1) is 12.2. The third kappa shape index (κ3) is 2.76. The Balaban J connectivity index is 1.69. The van der Waals surface area contributed by atoms with Gasteiger partial charge in [0.15, 0.2) is 0 Å². The van der Waals surface area contributed by atoms with Gasteiger partial charge in [-0.05, 0) is 56.1 Å². The topological polar surface area (TPSA) is 6.48 Å². The molecule has 1 aromatic carbocycles. The van der Waals surface area contributed by atoms with Gasteiger partial charge in [-0.25, -0.2) is 0 Å². The van der Waals surface area contributed by atoms with E-state index in [4.69, 9.17) is 0 Å². The van der Waals surface area contributed by atoms with Crippen LogP contribution in [0.5, 0.6) is 0 Å². The Kier molecular flexibility index (Phi) is 3.67. The maximum absolute atomic E-state index is 2.61. The number of piperidine rings is 1. The number of hydrogen-bond acceptors (Lipinski definition) is 2. The molecule has 0 spiro atoms. The summed E-state index contributed by atoms with van der Waals surface area (Å²) < 4.78 is 0. The Morgan fingerprint density at radius 2 is 1.83 bits per heavy atom. The van der Waals surface area contributed by atoms with E-state index in [0.29, 0.717) is 0 Å². The van der Waals surface area contributed by atoms with E-state index in [-0.39, 0.29) is 0 Å². The number of benzene rings is 1. The Bertz CT molecular complexity index is 408. The molecular weight excluding hydrogens is 220 g/mol. The van der Waals surface area contributed by atoms with Crippen LogP contribution in [-0.4, -0.2) is 36.5 Å². The molecule has 0 N–H and O–H groups in total. The summed E-state index contributed by atoms with van der Waals surface area (Å²) in [6, 6.07) is 7.15. The fourth-order valence-corrected chi connectivity index (χ4v) is 3.22. The molecule has 0 aliphatic carbocycles. The first-order valence-corrected chi connectivity index (χ1v) is 7.33. The zero-order chi connectivity index (χ0) is 12.4. The van der Waals surface area contributed by atoms with Crippen LogP contribution in [0, 0.1) is 0 Å². The van der Waals surface area contributed by atoms with Gasteiger partial charge >= 0.3 is 0 Å². The van der Waals surface area contributed by atoms with Crippen molar-refractivity contribution in [1.82, 2.24) is 9.80 Å². The van der Waals surface area contributed by atoms with Gasteiger partial charge in [-0.3, -0.25) is 4.90 Å². The molecule has 3 rings (SSSR count). The standard InChI is InChI=1S/C16H24N2/c1-17-10-7-15-11-14(5-6-16(15)13-17)12-18-8-3-2-4-9-18/h5-6,11H,2-4,7-10,12-13H2,1H3. The highest BCUT2D eigenvalue weighted by Gasteiger charge is 2.15. The third-order valence-corrected chi connectivity index (χ3v) is 4.33. The van der Waals surface area contributed by atoms with Crippen LogP contribution in [0.25, 0.3) is 0 Å². The first-order chi connectivity index (χ1) is 8.81. The minimum Gasteiger partial charge on any atom is -0.302 e. The van der Waals surface area contributed by atoms with Gasteiger partial charge in [0.25, 0.3) is 0 Å². The molecule has 1 aromatic rings. The van der Waals surface area contributed by atoms with Crippen molar-refractivity contribution >= 4 is 0 Å². The van der Waals surface area contributed by atoms with Crippen molar-refractivity contribution in [3.8, 4) is 0 Å². The molecule has 2 heterocycles. The SMILES string of the molecule is CN1CCc2cc(CN3CCCCC3)ccc2C1. The highest BCUT2D eigenvalue weighted by molar-refractivity contribution is 5.33. The van der Waals surface area contributed by atoms with Crippen LogP contribution in [-0.2, 0) is 19.5 Å². The van der Waals surface area contributed by atoms with Crippen LogP contribution in [0.3, 0.4) is 0 Å². The minimum atomic E-state index is 1.12. The van der Waals surface area contributed by atoms with Crippen molar-refractivity contribution in [3.05, 3.63) is 34.9 Å². The van der Waals surface area contributed by atoms with Crippen molar-refractivity contribution in [2.45, 2.75) is 38.8 Å². The number of rotatable bonds is 2. The van der Waals surface area contributed by atoms with Gasteiger partial charge < -0.3 is 4.90 Å². The molecule has 1 fully saturated rings. The lowest BCUT2D eigenvalue weighted by Crippen LogP contribution is -2.29. The van der Waals surface area contributed by atoms with Crippen LogP contribution >= 0.6 is 0 Å². The smallest absolute Gasteiger partial charge is 0.0233 e. The molecule has 1 saturated heterocycles. The van der Waals surface area contributed by atoms with Crippen molar-refractivity contribution < 1.29 is 0 Å².